The van der Waals surface area contributed by atoms with E-state index in [4.69, 9.17) is 0 Å². The number of carbonyl (C=O) groups excluding carboxylic acids is 2. The van der Waals surface area contributed by atoms with Gasteiger partial charge >= 0.3 is 5.97 Å². The monoisotopic (exact) mass is 156 g/mol. The van der Waals surface area contributed by atoms with Crippen LogP contribution in [0.15, 0.2) is 12.2 Å². The predicted molar refractivity (Wildman–Crippen MR) is 41.1 cm³/mol. The van der Waals surface area contributed by atoms with Crippen LogP contribution in [0.1, 0.15) is 20.3 Å². The second-order valence-electron chi connectivity index (χ2n) is 2.20. The smallest absolute Gasteiger partial charge is 0.333 e. The Kier molecular flexibility index (Phi) is 4.18. The van der Waals surface area contributed by atoms with E-state index in [9.17, 15) is 9.59 Å². The first-order valence-corrected chi connectivity index (χ1v) is 3.42. The van der Waals surface area contributed by atoms with Gasteiger partial charge in [0.15, 0.2) is 0 Å². The second kappa shape index (κ2) is 4.66. The van der Waals surface area contributed by atoms with E-state index in [1.807, 2.05) is 0 Å². The Hall–Kier alpha value is -1.12. The number of hydrogen-bond donors (Lipinski definition) is 0. The molecule has 11 heavy (non-hydrogen) atoms. The van der Waals surface area contributed by atoms with Gasteiger partial charge < -0.3 is 4.74 Å². The number of rotatable bonds is 4. The van der Waals surface area contributed by atoms with Crippen molar-refractivity contribution in [1.82, 2.24) is 0 Å². The molecule has 0 aliphatic heterocycles. The second-order valence-corrected chi connectivity index (χ2v) is 2.20. The molecule has 0 amide bonds. The Morgan fingerprint density at radius 1 is 1.45 bits per heavy atom. The molecule has 3 heteroatoms. The fourth-order valence-electron chi connectivity index (χ4n) is 0.606. The lowest BCUT2D eigenvalue weighted by molar-refractivity contribution is -0.139. The normalized spacial score (nSPS) is 8.91. The summed E-state index contributed by atoms with van der Waals surface area (Å²) in [6, 6.07) is 0. The van der Waals surface area contributed by atoms with Gasteiger partial charge in [0, 0.05) is 12.0 Å². The third kappa shape index (κ3) is 4.31. The fourth-order valence-corrected chi connectivity index (χ4v) is 0.606. The summed E-state index contributed by atoms with van der Waals surface area (Å²) in [6.07, 6.45) is 0.0822. The zero-order valence-corrected chi connectivity index (χ0v) is 6.85. The van der Waals surface area contributed by atoms with Gasteiger partial charge in [-0.1, -0.05) is 6.58 Å². The van der Waals surface area contributed by atoms with E-state index in [0.29, 0.717) is 6.61 Å². The van der Waals surface area contributed by atoms with Crippen LogP contribution in [0.2, 0.25) is 0 Å². The van der Waals surface area contributed by atoms with E-state index < -0.39 is 5.97 Å². The molecule has 0 saturated carbocycles. The molecule has 3 nitrogen and oxygen atoms in total. The van der Waals surface area contributed by atoms with Crippen molar-refractivity contribution in [3.8, 4) is 0 Å². The molecule has 0 spiro atoms. The van der Waals surface area contributed by atoms with Gasteiger partial charge in [0.25, 0.3) is 0 Å². The number of ketones is 1. The minimum Gasteiger partial charge on any atom is -0.463 e. The molecule has 0 aliphatic rings. The van der Waals surface area contributed by atoms with Crippen molar-refractivity contribution in [2.24, 2.45) is 0 Å². The molecule has 0 saturated heterocycles. The van der Waals surface area contributed by atoms with Crippen LogP contribution in [-0.4, -0.2) is 18.4 Å². The van der Waals surface area contributed by atoms with E-state index in [-0.39, 0.29) is 17.8 Å². The Morgan fingerprint density at radius 3 is 2.36 bits per heavy atom. The molecular weight excluding hydrogens is 144 g/mol. The minimum absolute atomic E-state index is 0.0805. The van der Waals surface area contributed by atoms with Crippen molar-refractivity contribution < 1.29 is 14.3 Å². The van der Waals surface area contributed by atoms with Crippen LogP contribution in [-0.2, 0) is 14.3 Å². The molecule has 0 radical (unpaired) electrons. The maximum absolute atomic E-state index is 10.8. The van der Waals surface area contributed by atoms with Crippen molar-refractivity contribution in [2.45, 2.75) is 20.3 Å². The minimum atomic E-state index is -0.484. The molecule has 0 fully saturated rings. The molecule has 0 rings (SSSR count). The summed E-state index contributed by atoms with van der Waals surface area (Å²) < 4.78 is 4.61. The van der Waals surface area contributed by atoms with Crippen LogP contribution in [0.4, 0.5) is 0 Å². The number of ether oxygens (including phenoxy) is 1. The van der Waals surface area contributed by atoms with E-state index in [0.717, 1.165) is 0 Å². The lowest BCUT2D eigenvalue weighted by Gasteiger charge is -2.01. The van der Waals surface area contributed by atoms with Crippen LogP contribution in [0.3, 0.4) is 0 Å². The summed E-state index contributed by atoms with van der Waals surface area (Å²) in [7, 11) is 0. The molecule has 0 aromatic rings. The highest BCUT2D eigenvalue weighted by Gasteiger charge is 2.08. The maximum Gasteiger partial charge on any atom is 0.333 e. The molecule has 0 atom stereocenters. The Bertz CT molecular complexity index is 182. The van der Waals surface area contributed by atoms with Crippen LogP contribution in [0.25, 0.3) is 0 Å². The molecule has 0 bridgehead atoms. The lowest BCUT2D eigenvalue weighted by atomic mass is 10.2. The highest BCUT2D eigenvalue weighted by molar-refractivity contribution is 5.94. The van der Waals surface area contributed by atoms with Gasteiger partial charge in [-0.25, -0.2) is 4.79 Å². The number of Topliss-reactive ketones (excluding diaryl/α,β-unsaturated/α-hetero) is 1. The molecular formula is C8H12O3. The van der Waals surface area contributed by atoms with Gasteiger partial charge in [-0.05, 0) is 13.8 Å². The lowest BCUT2D eigenvalue weighted by Crippen LogP contribution is -2.09. The van der Waals surface area contributed by atoms with Crippen molar-refractivity contribution >= 4 is 11.8 Å². The Balaban J connectivity index is 3.83. The molecule has 0 aromatic carbocycles. The van der Waals surface area contributed by atoms with Gasteiger partial charge in [-0.15, -0.1) is 0 Å². The topological polar surface area (TPSA) is 43.4 Å². The zero-order chi connectivity index (χ0) is 8.85. The van der Waals surface area contributed by atoms with E-state index >= 15 is 0 Å². The third-order valence-electron chi connectivity index (χ3n) is 1.03. The summed E-state index contributed by atoms with van der Waals surface area (Å²) in [6.45, 7) is 6.85. The first kappa shape index (κ1) is 9.88. The summed E-state index contributed by atoms with van der Waals surface area (Å²) in [4.78, 5) is 21.3. The summed E-state index contributed by atoms with van der Waals surface area (Å²) >= 11 is 0. The fraction of sp³-hybridized carbons (Fsp3) is 0.500. The first-order valence-electron chi connectivity index (χ1n) is 3.42. The van der Waals surface area contributed by atoms with Crippen LogP contribution < -0.4 is 0 Å². The van der Waals surface area contributed by atoms with Gasteiger partial charge in [0.2, 0.25) is 0 Å². The number of esters is 1. The quantitative estimate of drug-likeness (QED) is 0.452. The van der Waals surface area contributed by atoms with Crippen molar-refractivity contribution in [3.63, 3.8) is 0 Å². The molecule has 0 aliphatic carbocycles. The van der Waals surface area contributed by atoms with Crippen molar-refractivity contribution in [1.29, 1.82) is 0 Å². The van der Waals surface area contributed by atoms with Gasteiger partial charge in [-0.2, -0.15) is 0 Å². The third-order valence-corrected chi connectivity index (χ3v) is 1.03. The van der Waals surface area contributed by atoms with Crippen LogP contribution in [0, 0.1) is 0 Å². The summed E-state index contributed by atoms with van der Waals surface area (Å²) in [5.41, 5.74) is 0.222. The standard InChI is InChI=1S/C8H12O3/c1-4-11-8(10)6(2)5-7(3)9/h2,4-5H2,1,3H3. The Labute approximate surface area is 66.0 Å². The van der Waals surface area contributed by atoms with E-state index in [2.05, 4.69) is 11.3 Å². The van der Waals surface area contributed by atoms with Crippen LogP contribution in [0.5, 0.6) is 0 Å². The number of hydrogen-bond acceptors (Lipinski definition) is 3. The highest BCUT2D eigenvalue weighted by Crippen LogP contribution is 2.00. The molecule has 62 valence electrons. The average Bonchev–Trinajstić information content (AvgIpc) is 1.86. The van der Waals surface area contributed by atoms with E-state index in [1.165, 1.54) is 6.92 Å². The van der Waals surface area contributed by atoms with Gasteiger partial charge in [-0.3, -0.25) is 4.79 Å². The molecule has 0 heterocycles. The largest absolute Gasteiger partial charge is 0.463 e. The van der Waals surface area contributed by atoms with Crippen molar-refractivity contribution in [2.75, 3.05) is 6.61 Å². The highest BCUT2D eigenvalue weighted by atomic mass is 16.5. The van der Waals surface area contributed by atoms with Gasteiger partial charge in [0.1, 0.15) is 5.78 Å². The summed E-state index contributed by atoms with van der Waals surface area (Å²) in [5, 5.41) is 0. The van der Waals surface area contributed by atoms with E-state index in [1.54, 1.807) is 6.92 Å². The molecule has 0 unspecified atom stereocenters. The summed E-state index contributed by atoms with van der Waals surface area (Å²) in [5.74, 6) is -0.564. The Morgan fingerprint density at radius 2 is 2.00 bits per heavy atom. The van der Waals surface area contributed by atoms with Crippen LogP contribution >= 0.6 is 0 Å². The number of carbonyl (C=O) groups is 2. The first-order chi connectivity index (χ1) is 5.07. The molecule has 0 N–H and O–H groups in total. The zero-order valence-electron chi connectivity index (χ0n) is 6.85. The average molecular weight is 156 g/mol. The maximum atomic E-state index is 10.8. The SMILES string of the molecule is C=C(CC(C)=O)C(=O)OCC. The molecule has 0 aromatic heterocycles. The van der Waals surface area contributed by atoms with Crippen molar-refractivity contribution in [3.05, 3.63) is 12.2 Å². The predicted octanol–water partition coefficient (Wildman–Crippen LogP) is 1.08. The van der Waals surface area contributed by atoms with Gasteiger partial charge in [0.05, 0.1) is 6.61 Å².